The first-order valence-corrected chi connectivity index (χ1v) is 8.62. The summed E-state index contributed by atoms with van der Waals surface area (Å²) < 4.78 is 0. The first-order chi connectivity index (χ1) is 10.4. The van der Waals surface area contributed by atoms with Gasteiger partial charge in [-0.1, -0.05) is 6.92 Å². The number of β-amino-alcohol motifs (C(OH)–C–C–N with tert-alkyl or cyclic N) is 1. The van der Waals surface area contributed by atoms with Crippen LogP contribution in [0.15, 0.2) is 4.79 Å². The first-order valence-electron chi connectivity index (χ1n) is 7.80. The molecule has 0 bridgehead atoms. The summed E-state index contributed by atoms with van der Waals surface area (Å²) in [6.07, 6.45) is 0.660. The van der Waals surface area contributed by atoms with Gasteiger partial charge in [-0.05, 0) is 45.2 Å². The van der Waals surface area contributed by atoms with Crippen LogP contribution >= 0.6 is 11.3 Å². The van der Waals surface area contributed by atoms with Crippen molar-refractivity contribution in [3.8, 4) is 0 Å². The molecule has 3 rings (SSSR count). The molecular weight excluding hydrogens is 298 g/mol. The molecule has 0 saturated carbocycles. The van der Waals surface area contributed by atoms with Gasteiger partial charge in [0.25, 0.3) is 5.56 Å². The highest BCUT2D eigenvalue weighted by Crippen LogP contribution is 2.29. The van der Waals surface area contributed by atoms with Crippen molar-refractivity contribution in [3.63, 3.8) is 0 Å². The third kappa shape index (κ3) is 2.59. The number of piperidine rings is 1. The maximum atomic E-state index is 12.4. The molecule has 0 amide bonds. The minimum atomic E-state index is -0.308. The Kier molecular flexibility index (Phi) is 4.09. The van der Waals surface area contributed by atoms with Gasteiger partial charge in [-0.25, -0.2) is 4.98 Å². The number of aliphatic hydroxyl groups is 1. The zero-order valence-corrected chi connectivity index (χ0v) is 14.3. The van der Waals surface area contributed by atoms with E-state index < -0.39 is 0 Å². The lowest BCUT2D eigenvalue weighted by molar-refractivity contribution is 0.0114. The van der Waals surface area contributed by atoms with Gasteiger partial charge in [0.1, 0.15) is 10.7 Å². The molecule has 2 aromatic rings. The minimum absolute atomic E-state index is 0.00182. The van der Waals surface area contributed by atoms with E-state index in [-0.39, 0.29) is 17.7 Å². The number of nitrogens with zero attached hydrogens (tertiary/aromatic N) is 2. The van der Waals surface area contributed by atoms with Crippen molar-refractivity contribution in [2.75, 3.05) is 13.1 Å². The van der Waals surface area contributed by atoms with Crippen LogP contribution in [0.4, 0.5) is 0 Å². The highest BCUT2D eigenvalue weighted by molar-refractivity contribution is 7.18. The molecule has 1 aliphatic heterocycles. The number of aliphatic hydroxyl groups excluding tert-OH is 1. The van der Waals surface area contributed by atoms with Crippen molar-refractivity contribution in [1.82, 2.24) is 14.9 Å². The Morgan fingerprint density at radius 1 is 1.45 bits per heavy atom. The predicted molar refractivity (Wildman–Crippen MR) is 89.5 cm³/mol. The van der Waals surface area contributed by atoms with Gasteiger partial charge in [0.05, 0.1) is 17.5 Å². The largest absolute Gasteiger partial charge is 0.392 e. The summed E-state index contributed by atoms with van der Waals surface area (Å²) in [6, 6.07) is 0.00182. The lowest BCUT2D eigenvalue weighted by atomic mass is 9.95. The van der Waals surface area contributed by atoms with Gasteiger partial charge in [0.2, 0.25) is 0 Å². The van der Waals surface area contributed by atoms with Gasteiger partial charge in [-0.3, -0.25) is 9.69 Å². The molecule has 3 atom stereocenters. The lowest BCUT2D eigenvalue weighted by Crippen LogP contribution is -2.44. The number of nitrogens with one attached hydrogen (secondary N) is 1. The summed E-state index contributed by atoms with van der Waals surface area (Å²) in [5, 5.41) is 10.8. The summed E-state index contributed by atoms with van der Waals surface area (Å²) in [5.74, 6) is 1.03. The van der Waals surface area contributed by atoms with Crippen molar-refractivity contribution in [3.05, 3.63) is 26.6 Å². The number of aromatic nitrogens is 2. The molecule has 3 unspecified atom stereocenters. The van der Waals surface area contributed by atoms with Gasteiger partial charge in [-0.15, -0.1) is 11.3 Å². The van der Waals surface area contributed by atoms with Crippen molar-refractivity contribution in [2.45, 2.75) is 46.3 Å². The lowest BCUT2D eigenvalue weighted by Gasteiger charge is -2.37. The second kappa shape index (κ2) is 5.76. The molecule has 5 nitrogen and oxygen atoms in total. The fourth-order valence-corrected chi connectivity index (χ4v) is 4.10. The van der Waals surface area contributed by atoms with Gasteiger partial charge in [0.15, 0.2) is 0 Å². The number of H-pyrrole nitrogens is 1. The molecule has 120 valence electrons. The molecule has 0 spiro atoms. The molecule has 2 aromatic heterocycles. The molecule has 6 heteroatoms. The number of aromatic amines is 1. The average Bonchev–Trinajstić information content (AvgIpc) is 2.76. The molecule has 0 radical (unpaired) electrons. The minimum Gasteiger partial charge on any atom is -0.392 e. The van der Waals surface area contributed by atoms with Gasteiger partial charge in [0, 0.05) is 11.4 Å². The van der Waals surface area contributed by atoms with Crippen LogP contribution in [0.1, 0.15) is 42.6 Å². The molecule has 1 aliphatic rings. The van der Waals surface area contributed by atoms with E-state index in [4.69, 9.17) is 0 Å². The molecule has 1 fully saturated rings. The van der Waals surface area contributed by atoms with Crippen molar-refractivity contribution in [1.29, 1.82) is 0 Å². The van der Waals surface area contributed by atoms with E-state index in [0.29, 0.717) is 23.7 Å². The van der Waals surface area contributed by atoms with Gasteiger partial charge < -0.3 is 10.1 Å². The van der Waals surface area contributed by atoms with Crippen molar-refractivity contribution in [2.24, 2.45) is 5.92 Å². The number of aryl methyl sites for hydroxylation is 2. The third-order valence-electron chi connectivity index (χ3n) is 4.95. The maximum Gasteiger partial charge on any atom is 0.259 e. The third-order valence-corrected chi connectivity index (χ3v) is 6.05. The number of fused-ring (bicyclic) bond motifs is 1. The van der Waals surface area contributed by atoms with Crippen LogP contribution in [0.25, 0.3) is 10.2 Å². The van der Waals surface area contributed by atoms with Crippen LogP contribution in [0, 0.1) is 19.8 Å². The van der Waals surface area contributed by atoms with Crippen molar-refractivity contribution < 1.29 is 5.11 Å². The number of likely N-dealkylation sites (tertiary alicyclic amines) is 1. The molecule has 0 aromatic carbocycles. The Hall–Kier alpha value is -1.24. The van der Waals surface area contributed by atoms with E-state index in [0.717, 1.165) is 28.2 Å². The van der Waals surface area contributed by atoms with Crippen LogP contribution in [0.2, 0.25) is 0 Å². The predicted octanol–water partition coefficient (Wildman–Crippen LogP) is 2.37. The number of thiophene rings is 1. The molecular formula is C16H23N3O2S. The summed E-state index contributed by atoms with van der Waals surface area (Å²) in [7, 11) is 0. The van der Waals surface area contributed by atoms with Crippen LogP contribution in [0.5, 0.6) is 0 Å². The summed E-state index contributed by atoms with van der Waals surface area (Å²) >= 11 is 1.57. The fraction of sp³-hybridized carbons (Fsp3) is 0.625. The monoisotopic (exact) mass is 321 g/mol. The Labute approximate surface area is 134 Å². The number of hydrogen-bond acceptors (Lipinski definition) is 5. The van der Waals surface area contributed by atoms with E-state index in [2.05, 4.69) is 21.8 Å². The normalized spacial score (nSPS) is 24.8. The van der Waals surface area contributed by atoms with E-state index in [1.165, 1.54) is 0 Å². The smallest absolute Gasteiger partial charge is 0.259 e. The van der Waals surface area contributed by atoms with Crippen molar-refractivity contribution >= 4 is 21.6 Å². The van der Waals surface area contributed by atoms with Gasteiger partial charge in [-0.2, -0.15) is 0 Å². The number of rotatable bonds is 2. The Balaban J connectivity index is 1.95. The summed E-state index contributed by atoms with van der Waals surface area (Å²) in [5.41, 5.74) is 0.967. The number of hydrogen-bond donors (Lipinski definition) is 2. The molecule has 0 aliphatic carbocycles. The standard InChI is InChI=1S/C16H23N3O2S/c1-8-5-6-19(7-12(8)20)10(3)14-17-15(21)13-9(2)11(4)22-16(13)18-14/h8,10,12,20H,5-7H2,1-4H3,(H,17,18,21). The topological polar surface area (TPSA) is 69.2 Å². The SMILES string of the molecule is Cc1sc2nc(C(C)N3CCC(C)C(O)C3)[nH]c(=O)c2c1C. The first kappa shape index (κ1) is 15.6. The van der Waals surface area contributed by atoms with Crippen LogP contribution in [-0.2, 0) is 0 Å². The van der Waals surface area contributed by atoms with E-state index in [9.17, 15) is 9.90 Å². The molecule has 3 heterocycles. The van der Waals surface area contributed by atoms with Crippen LogP contribution in [-0.4, -0.2) is 39.2 Å². The fourth-order valence-electron chi connectivity index (χ4n) is 3.07. The highest BCUT2D eigenvalue weighted by Gasteiger charge is 2.29. The second-order valence-corrected chi connectivity index (χ2v) is 7.62. The summed E-state index contributed by atoms with van der Waals surface area (Å²) in [6.45, 7) is 9.66. The average molecular weight is 321 g/mol. The molecule has 1 saturated heterocycles. The summed E-state index contributed by atoms with van der Waals surface area (Å²) in [4.78, 5) is 24.1. The Morgan fingerprint density at radius 2 is 2.18 bits per heavy atom. The van der Waals surface area contributed by atoms with Crippen LogP contribution in [0.3, 0.4) is 0 Å². The van der Waals surface area contributed by atoms with E-state index in [1.54, 1.807) is 11.3 Å². The Morgan fingerprint density at radius 3 is 2.86 bits per heavy atom. The van der Waals surface area contributed by atoms with E-state index >= 15 is 0 Å². The zero-order chi connectivity index (χ0) is 16.0. The molecule has 22 heavy (non-hydrogen) atoms. The highest BCUT2D eigenvalue weighted by atomic mass is 32.1. The second-order valence-electron chi connectivity index (χ2n) is 6.42. The molecule has 2 N–H and O–H groups in total. The zero-order valence-electron chi connectivity index (χ0n) is 13.5. The quantitative estimate of drug-likeness (QED) is 0.891. The Bertz CT molecular complexity index is 752. The van der Waals surface area contributed by atoms with E-state index in [1.807, 2.05) is 20.8 Å². The van der Waals surface area contributed by atoms with Gasteiger partial charge >= 0.3 is 0 Å². The van der Waals surface area contributed by atoms with Crippen LogP contribution < -0.4 is 5.56 Å². The maximum absolute atomic E-state index is 12.4.